The smallest absolute Gasteiger partial charge is 0.121 e. The van der Waals surface area contributed by atoms with Crippen LogP contribution in [0.25, 0.3) is 55.3 Å². The molecule has 0 spiro atoms. The summed E-state index contributed by atoms with van der Waals surface area (Å²) in [4.78, 5) is 0. The summed E-state index contributed by atoms with van der Waals surface area (Å²) < 4.78 is 0. The molecule has 4 unspecified atom stereocenters. The number of unbranched alkanes of at least 4 members (excludes halogenated alkanes) is 10. The highest BCUT2D eigenvalue weighted by Gasteiger charge is 2.77. The first-order valence-corrected chi connectivity index (χ1v) is 24.5. The molecule has 316 valence electrons. The zero-order chi connectivity index (χ0) is 42.3. The first-order valence-electron chi connectivity index (χ1n) is 24.5. The zero-order valence-corrected chi connectivity index (χ0v) is 37.9. The predicted molar refractivity (Wildman–Crippen MR) is 263 cm³/mol. The van der Waals surface area contributed by atoms with Crippen LogP contribution in [0.2, 0.25) is 0 Å². The lowest BCUT2D eigenvalue weighted by atomic mass is 9.61. The molecule has 1 aliphatic heterocycles. The van der Waals surface area contributed by atoms with Crippen molar-refractivity contribution in [2.45, 2.75) is 135 Å². The first kappa shape index (κ1) is 41.0. The van der Waals surface area contributed by atoms with Crippen LogP contribution in [0.1, 0.15) is 133 Å². The molecule has 13 bridgehead atoms. The van der Waals surface area contributed by atoms with Crippen LogP contribution in [-0.2, 0) is 23.9 Å². The van der Waals surface area contributed by atoms with Crippen molar-refractivity contribution in [1.29, 1.82) is 0 Å². The number of nitrogens with zero attached hydrogens (tertiary/aromatic N) is 2. The minimum atomic E-state index is -0.464. The molecule has 2 nitrogen and oxygen atoms in total. The van der Waals surface area contributed by atoms with Gasteiger partial charge in [-0.05, 0) is 146 Å². The summed E-state index contributed by atoms with van der Waals surface area (Å²) in [5, 5.41) is 13.7. The molecule has 4 atom stereocenters. The highest BCUT2D eigenvalue weighted by molar-refractivity contribution is 5.92. The molecule has 0 N–H and O–H groups in total. The van der Waals surface area contributed by atoms with Crippen LogP contribution < -0.4 is 0 Å². The topological polar surface area (TPSA) is 24.7 Å². The first-order chi connectivity index (χ1) is 30.3. The number of fused-ring (bicyclic) bond motifs is 15. The van der Waals surface area contributed by atoms with E-state index in [0.29, 0.717) is 5.92 Å². The summed E-state index contributed by atoms with van der Waals surface area (Å²) in [6.45, 7) is 9.56. The highest BCUT2D eigenvalue weighted by atomic mass is 15.3. The number of hydrogen-bond acceptors (Lipinski definition) is 2. The molecule has 62 heavy (non-hydrogen) atoms. The Bertz CT molecular complexity index is 2660. The Morgan fingerprint density at radius 3 is 1.45 bits per heavy atom. The molecule has 6 aromatic rings. The Hall–Kier alpha value is -5.08. The molecular formula is C60H66N2. The van der Waals surface area contributed by atoms with E-state index in [1.54, 1.807) is 0 Å². The predicted octanol–water partition coefficient (Wildman–Crippen LogP) is 17.4. The second-order valence-electron chi connectivity index (χ2n) is 20.0. The van der Waals surface area contributed by atoms with Gasteiger partial charge < -0.3 is 0 Å². The van der Waals surface area contributed by atoms with Crippen LogP contribution >= 0.6 is 0 Å². The normalized spacial score (nSPS) is 22.2. The number of azo groups is 1. The van der Waals surface area contributed by atoms with E-state index < -0.39 is 11.1 Å². The van der Waals surface area contributed by atoms with Gasteiger partial charge in [0, 0.05) is 17.3 Å². The molecule has 1 fully saturated rings. The molecule has 0 aromatic heterocycles. The minimum Gasteiger partial charge on any atom is -0.181 e. The van der Waals surface area contributed by atoms with Crippen LogP contribution in [0.15, 0.2) is 144 Å². The maximum absolute atomic E-state index is 5.55. The van der Waals surface area contributed by atoms with Crippen molar-refractivity contribution in [3.63, 3.8) is 0 Å². The molecule has 3 aliphatic carbocycles. The van der Waals surface area contributed by atoms with Crippen LogP contribution in [0.4, 0.5) is 0 Å². The average Bonchev–Trinajstić information content (AvgIpc) is 3.94. The van der Waals surface area contributed by atoms with E-state index in [4.69, 9.17) is 10.2 Å². The van der Waals surface area contributed by atoms with Gasteiger partial charge in [-0.3, -0.25) is 0 Å². The molecule has 0 amide bonds. The monoisotopic (exact) mass is 815 g/mol. The summed E-state index contributed by atoms with van der Waals surface area (Å²) in [7, 11) is 0. The molecule has 10 rings (SSSR count). The zero-order valence-electron chi connectivity index (χ0n) is 37.9. The Morgan fingerprint density at radius 1 is 0.452 bits per heavy atom. The molecule has 2 heteroatoms. The van der Waals surface area contributed by atoms with Gasteiger partial charge in [-0.2, -0.15) is 10.2 Å². The number of allylic oxidation sites excluding steroid dienone is 1. The van der Waals surface area contributed by atoms with Gasteiger partial charge in [0.15, 0.2) is 0 Å². The van der Waals surface area contributed by atoms with E-state index in [1.807, 2.05) is 0 Å². The van der Waals surface area contributed by atoms with Crippen molar-refractivity contribution in [3.05, 3.63) is 156 Å². The van der Waals surface area contributed by atoms with Gasteiger partial charge >= 0.3 is 0 Å². The second-order valence-corrected chi connectivity index (χ2v) is 20.0. The van der Waals surface area contributed by atoms with E-state index >= 15 is 0 Å². The number of benzene rings is 6. The fourth-order valence-electron chi connectivity index (χ4n) is 12.5. The van der Waals surface area contributed by atoms with Crippen molar-refractivity contribution in [3.8, 4) is 44.5 Å². The Kier molecular flexibility index (Phi) is 11.2. The van der Waals surface area contributed by atoms with Gasteiger partial charge in [-0.1, -0.05) is 189 Å². The molecule has 4 aliphatic rings. The molecule has 0 radical (unpaired) electrons. The number of rotatable bonds is 14. The quantitative estimate of drug-likeness (QED) is 0.0773. The Balaban J connectivity index is 1.15. The number of aryl methyl sites for hydroxylation is 2. The lowest BCUT2D eigenvalue weighted by Crippen LogP contribution is -2.44. The maximum Gasteiger partial charge on any atom is 0.121 e. The van der Waals surface area contributed by atoms with Gasteiger partial charge in [0.1, 0.15) is 11.1 Å². The van der Waals surface area contributed by atoms with E-state index in [1.165, 1.54) is 155 Å². The highest BCUT2D eigenvalue weighted by Crippen LogP contribution is 2.76. The third-order valence-corrected chi connectivity index (χ3v) is 15.9. The third-order valence-electron chi connectivity index (χ3n) is 15.9. The number of hydrogen-bond donors (Lipinski definition) is 0. The van der Waals surface area contributed by atoms with Crippen LogP contribution in [-0.4, -0.2) is 0 Å². The molecule has 6 aromatic carbocycles. The summed E-state index contributed by atoms with van der Waals surface area (Å²) in [5.41, 5.74) is 14.6. The van der Waals surface area contributed by atoms with Crippen LogP contribution in [0, 0.1) is 17.3 Å². The molecule has 1 heterocycles. The standard InChI is InChI=1S/C60H66N2/c1-5-7-9-11-13-15-20-42-32-49-38-51(34-42)47-30-28-44-29-31-48(37-53(44)36-47)52-35-43(21-16-14-12-10-8-6-2)33-50(39-52)46-23-18-25-55(41-46)60-57-27-19-26-56(57)59(61-62-60,58(60,3)4)54-24-17-22-45(49)40-54/h17-19,22-26,28-41,56-57H,5-16,20-21,27H2,1-4H3. The van der Waals surface area contributed by atoms with Crippen LogP contribution in [0.3, 0.4) is 0 Å². The van der Waals surface area contributed by atoms with Gasteiger partial charge in [-0.25, -0.2) is 0 Å². The Labute approximate surface area is 372 Å². The summed E-state index contributed by atoms with van der Waals surface area (Å²) in [5.74, 6) is 0.630. The molecular weight excluding hydrogens is 749 g/mol. The van der Waals surface area contributed by atoms with Gasteiger partial charge in [-0.15, -0.1) is 0 Å². The largest absolute Gasteiger partial charge is 0.181 e. The van der Waals surface area contributed by atoms with Gasteiger partial charge in [0.05, 0.1) is 0 Å². The van der Waals surface area contributed by atoms with Crippen LogP contribution in [0.5, 0.6) is 0 Å². The van der Waals surface area contributed by atoms with Gasteiger partial charge in [0.25, 0.3) is 0 Å². The summed E-state index contributed by atoms with van der Waals surface area (Å²) in [6, 6.07) is 48.0. The van der Waals surface area contributed by atoms with Crippen molar-refractivity contribution >= 4 is 10.8 Å². The summed E-state index contributed by atoms with van der Waals surface area (Å²) in [6.07, 6.45) is 23.8. The third kappa shape index (κ3) is 6.92. The fourth-order valence-corrected chi connectivity index (χ4v) is 12.5. The van der Waals surface area contributed by atoms with E-state index in [9.17, 15) is 0 Å². The minimum absolute atomic E-state index is 0.260. The molecule has 1 saturated carbocycles. The SMILES string of the molecule is CCCCCCCCc1cc2cc(c1)-c1ccc3ccc(cc3c1)-c1cc(CCCCCCCC)cc(c1)-c1cccc(c1)C13N=NC(c4cccc-2c4)(C2C=CCC21)C3(C)C. The summed E-state index contributed by atoms with van der Waals surface area (Å²) >= 11 is 0. The van der Waals surface area contributed by atoms with E-state index in [0.717, 1.165) is 19.3 Å². The fraction of sp³-hybridized carbons (Fsp3) is 0.400. The Morgan fingerprint density at radius 2 is 0.919 bits per heavy atom. The van der Waals surface area contributed by atoms with E-state index in [2.05, 4.69) is 161 Å². The molecule has 0 saturated heterocycles. The van der Waals surface area contributed by atoms with Crippen molar-refractivity contribution in [2.24, 2.45) is 27.5 Å². The van der Waals surface area contributed by atoms with Crippen molar-refractivity contribution in [1.82, 2.24) is 0 Å². The van der Waals surface area contributed by atoms with E-state index in [-0.39, 0.29) is 11.3 Å². The second kappa shape index (κ2) is 16.9. The van der Waals surface area contributed by atoms with Crippen molar-refractivity contribution < 1.29 is 0 Å². The maximum atomic E-state index is 5.55. The lowest BCUT2D eigenvalue weighted by Gasteiger charge is -2.41. The van der Waals surface area contributed by atoms with Crippen molar-refractivity contribution in [2.75, 3.05) is 0 Å². The lowest BCUT2D eigenvalue weighted by molar-refractivity contribution is 0.150. The van der Waals surface area contributed by atoms with Gasteiger partial charge in [0.2, 0.25) is 0 Å². The average molecular weight is 815 g/mol.